The molecule has 0 saturated heterocycles. The molecule has 0 spiro atoms. The molecule has 0 heterocycles. The molecule has 4 nitrogen and oxygen atoms in total. The zero-order valence-corrected chi connectivity index (χ0v) is 15.4. The fourth-order valence-corrected chi connectivity index (χ4v) is 2.80. The molecule has 0 aliphatic carbocycles. The van der Waals surface area contributed by atoms with Gasteiger partial charge in [-0.3, -0.25) is 4.79 Å². The summed E-state index contributed by atoms with van der Waals surface area (Å²) in [4.78, 5) is 23.2. The minimum atomic E-state index is -0.730. The largest absolute Gasteiger partial charge is 0.489 e. The van der Waals surface area contributed by atoms with Gasteiger partial charge in [0.1, 0.15) is 12.4 Å². The van der Waals surface area contributed by atoms with Crippen molar-refractivity contribution in [2.24, 2.45) is 0 Å². The molecule has 2 rings (SSSR count). The van der Waals surface area contributed by atoms with Crippen LogP contribution in [0.4, 0.5) is 0 Å². The summed E-state index contributed by atoms with van der Waals surface area (Å²) in [7, 11) is 0. The van der Waals surface area contributed by atoms with Crippen molar-refractivity contribution < 1.29 is 19.1 Å². The molecule has 4 heteroatoms. The maximum absolute atomic E-state index is 11.8. The Morgan fingerprint density at radius 2 is 1.65 bits per heavy atom. The van der Waals surface area contributed by atoms with E-state index in [0.717, 1.165) is 23.3 Å². The second kappa shape index (κ2) is 10.4. The van der Waals surface area contributed by atoms with E-state index < -0.39 is 11.8 Å². The van der Waals surface area contributed by atoms with Gasteiger partial charge in [0.15, 0.2) is 0 Å². The van der Waals surface area contributed by atoms with E-state index >= 15 is 0 Å². The molecule has 0 N–H and O–H groups in total. The highest BCUT2D eigenvalue weighted by atomic mass is 16.5. The molecule has 2 aromatic rings. The van der Waals surface area contributed by atoms with Crippen LogP contribution in [0.3, 0.4) is 0 Å². The fraction of sp³-hybridized carbons (Fsp3) is 0.364. The lowest BCUT2D eigenvalue weighted by molar-refractivity contribution is -0.153. The molecule has 0 amide bonds. The van der Waals surface area contributed by atoms with Gasteiger partial charge in [0, 0.05) is 6.42 Å². The van der Waals surface area contributed by atoms with Gasteiger partial charge in [-0.2, -0.15) is 0 Å². The Kier molecular flexibility index (Phi) is 7.87. The summed E-state index contributed by atoms with van der Waals surface area (Å²) >= 11 is 0. The molecule has 1 atom stereocenters. The maximum atomic E-state index is 11.8. The number of carbonyl (C=O) groups excluding carboxylic acids is 2. The maximum Gasteiger partial charge on any atom is 0.374 e. The summed E-state index contributed by atoms with van der Waals surface area (Å²) in [5.41, 5.74) is 2.27. The number of Topliss-reactive ketones (excluding diaryl/α,β-unsaturated/α-hetero) is 1. The molecule has 0 bridgehead atoms. The van der Waals surface area contributed by atoms with Gasteiger partial charge in [0.2, 0.25) is 5.78 Å². The molecule has 1 unspecified atom stereocenters. The Hall–Kier alpha value is -2.62. The van der Waals surface area contributed by atoms with E-state index in [1.165, 1.54) is 0 Å². The number of rotatable bonds is 10. The van der Waals surface area contributed by atoms with Crippen LogP contribution in [0.25, 0.3) is 0 Å². The molecule has 0 aliphatic heterocycles. The van der Waals surface area contributed by atoms with Crippen molar-refractivity contribution in [3.8, 4) is 5.75 Å². The third-order valence-corrected chi connectivity index (χ3v) is 4.32. The summed E-state index contributed by atoms with van der Waals surface area (Å²) < 4.78 is 10.6. The van der Waals surface area contributed by atoms with Crippen molar-refractivity contribution in [1.82, 2.24) is 0 Å². The van der Waals surface area contributed by atoms with Crippen LogP contribution in [0.15, 0.2) is 54.6 Å². The topological polar surface area (TPSA) is 52.6 Å². The molecular weight excluding hydrogens is 328 g/mol. The number of benzene rings is 2. The number of hydrogen-bond acceptors (Lipinski definition) is 4. The van der Waals surface area contributed by atoms with Gasteiger partial charge >= 0.3 is 5.97 Å². The SMILES string of the molecule is CCOC(=O)C(=O)CCC(CC)c1ccc(OCc2ccccc2)cc1. The molecule has 0 radical (unpaired) electrons. The van der Waals surface area contributed by atoms with E-state index in [1.807, 2.05) is 54.6 Å². The van der Waals surface area contributed by atoms with E-state index in [-0.39, 0.29) is 18.9 Å². The predicted octanol–water partition coefficient (Wildman–Crippen LogP) is 4.67. The Labute approximate surface area is 155 Å². The van der Waals surface area contributed by atoms with Crippen LogP contribution in [-0.2, 0) is 20.9 Å². The summed E-state index contributed by atoms with van der Waals surface area (Å²) in [5, 5.41) is 0. The van der Waals surface area contributed by atoms with Gasteiger partial charge in [-0.15, -0.1) is 0 Å². The first kappa shape index (κ1) is 19.7. The molecular formula is C22H26O4. The quantitative estimate of drug-likeness (QED) is 0.459. The smallest absolute Gasteiger partial charge is 0.374 e. The van der Waals surface area contributed by atoms with Crippen LogP contribution in [0.1, 0.15) is 50.2 Å². The van der Waals surface area contributed by atoms with E-state index in [1.54, 1.807) is 6.92 Å². The standard InChI is InChI=1S/C22H26O4/c1-3-18(12-15-21(23)22(24)25-4-2)19-10-13-20(14-11-19)26-16-17-8-6-5-7-9-17/h5-11,13-14,18H,3-4,12,15-16H2,1-2H3. The summed E-state index contributed by atoms with van der Waals surface area (Å²) in [6, 6.07) is 18.0. The first-order valence-corrected chi connectivity index (χ1v) is 9.10. The van der Waals surface area contributed by atoms with Crippen LogP contribution < -0.4 is 4.74 Å². The van der Waals surface area contributed by atoms with Gasteiger partial charge in [0.25, 0.3) is 0 Å². The molecule has 0 aromatic heterocycles. The lowest BCUT2D eigenvalue weighted by atomic mass is 9.91. The van der Waals surface area contributed by atoms with Gasteiger partial charge in [-0.1, -0.05) is 49.4 Å². The van der Waals surface area contributed by atoms with Crippen molar-refractivity contribution in [2.75, 3.05) is 6.61 Å². The lowest BCUT2D eigenvalue weighted by Crippen LogP contribution is -2.17. The summed E-state index contributed by atoms with van der Waals surface area (Å²) in [5.74, 6) is -0.133. The van der Waals surface area contributed by atoms with Crippen LogP contribution in [-0.4, -0.2) is 18.4 Å². The van der Waals surface area contributed by atoms with E-state index in [4.69, 9.17) is 9.47 Å². The molecule has 0 fully saturated rings. The predicted molar refractivity (Wildman–Crippen MR) is 101 cm³/mol. The number of esters is 1. The first-order valence-electron chi connectivity index (χ1n) is 9.10. The number of carbonyl (C=O) groups is 2. The Morgan fingerprint density at radius 3 is 2.27 bits per heavy atom. The highest BCUT2D eigenvalue weighted by molar-refractivity contribution is 6.33. The van der Waals surface area contributed by atoms with Crippen LogP contribution in [0.5, 0.6) is 5.75 Å². The van der Waals surface area contributed by atoms with Gasteiger partial charge in [0.05, 0.1) is 6.61 Å². The summed E-state index contributed by atoms with van der Waals surface area (Å²) in [6.45, 7) is 4.54. The molecule has 138 valence electrons. The second-order valence-corrected chi connectivity index (χ2v) is 6.13. The third kappa shape index (κ3) is 6.03. The highest BCUT2D eigenvalue weighted by Crippen LogP contribution is 2.27. The third-order valence-electron chi connectivity index (χ3n) is 4.32. The van der Waals surface area contributed by atoms with E-state index in [0.29, 0.717) is 13.0 Å². The fourth-order valence-electron chi connectivity index (χ4n) is 2.80. The van der Waals surface area contributed by atoms with Crippen molar-refractivity contribution in [1.29, 1.82) is 0 Å². The molecule has 0 aliphatic rings. The minimum Gasteiger partial charge on any atom is -0.489 e. The number of ether oxygens (including phenoxy) is 2. The molecule has 0 saturated carbocycles. The van der Waals surface area contributed by atoms with Crippen LogP contribution >= 0.6 is 0 Å². The van der Waals surface area contributed by atoms with Gasteiger partial charge < -0.3 is 9.47 Å². The van der Waals surface area contributed by atoms with Crippen molar-refractivity contribution in [3.05, 3.63) is 65.7 Å². The van der Waals surface area contributed by atoms with Crippen molar-refractivity contribution >= 4 is 11.8 Å². The van der Waals surface area contributed by atoms with Gasteiger partial charge in [-0.25, -0.2) is 4.79 Å². The van der Waals surface area contributed by atoms with Crippen LogP contribution in [0.2, 0.25) is 0 Å². The average Bonchev–Trinajstić information content (AvgIpc) is 2.68. The Bertz CT molecular complexity index is 692. The second-order valence-electron chi connectivity index (χ2n) is 6.13. The zero-order chi connectivity index (χ0) is 18.8. The number of ketones is 1. The number of hydrogen-bond donors (Lipinski definition) is 0. The normalized spacial score (nSPS) is 11.6. The Morgan fingerprint density at radius 1 is 0.962 bits per heavy atom. The van der Waals surface area contributed by atoms with E-state index in [2.05, 4.69) is 6.92 Å². The molecule has 2 aromatic carbocycles. The zero-order valence-electron chi connectivity index (χ0n) is 15.4. The van der Waals surface area contributed by atoms with Crippen LogP contribution in [0, 0.1) is 0 Å². The monoisotopic (exact) mass is 354 g/mol. The lowest BCUT2D eigenvalue weighted by Gasteiger charge is -2.15. The highest BCUT2D eigenvalue weighted by Gasteiger charge is 2.18. The van der Waals surface area contributed by atoms with Crippen molar-refractivity contribution in [2.45, 2.75) is 45.6 Å². The minimum absolute atomic E-state index is 0.212. The van der Waals surface area contributed by atoms with Crippen molar-refractivity contribution in [3.63, 3.8) is 0 Å². The van der Waals surface area contributed by atoms with E-state index in [9.17, 15) is 9.59 Å². The molecule has 26 heavy (non-hydrogen) atoms. The average molecular weight is 354 g/mol. The summed E-state index contributed by atoms with van der Waals surface area (Å²) in [6.07, 6.45) is 1.75. The first-order chi connectivity index (χ1) is 12.6. The Balaban J connectivity index is 1.88. The van der Waals surface area contributed by atoms with Gasteiger partial charge in [-0.05, 0) is 48.9 Å².